The Morgan fingerprint density at radius 2 is 2.22 bits per heavy atom. The lowest BCUT2D eigenvalue weighted by atomic mass is 10.0. The molecule has 0 saturated carbocycles. The number of carbonyl (C=O) groups excluding carboxylic acids is 1. The van der Waals surface area contributed by atoms with Gasteiger partial charge in [0.2, 0.25) is 0 Å². The summed E-state index contributed by atoms with van der Waals surface area (Å²) in [6.45, 7) is 0. The van der Waals surface area contributed by atoms with Crippen molar-refractivity contribution >= 4 is 11.5 Å². The highest BCUT2D eigenvalue weighted by molar-refractivity contribution is 6.02. The van der Waals surface area contributed by atoms with Crippen molar-refractivity contribution in [2.24, 2.45) is 0 Å². The molecule has 0 spiro atoms. The molecule has 2 rings (SSSR count). The molecular formula is C14H14N2O2. The molecule has 1 heterocycles. The van der Waals surface area contributed by atoms with Crippen molar-refractivity contribution in [3.63, 3.8) is 0 Å². The lowest BCUT2D eigenvalue weighted by Crippen LogP contribution is -2.07. The van der Waals surface area contributed by atoms with Crippen molar-refractivity contribution in [2.45, 2.75) is 6.42 Å². The Kier molecular flexibility index (Phi) is 3.57. The van der Waals surface area contributed by atoms with Gasteiger partial charge in [-0.1, -0.05) is 6.07 Å². The summed E-state index contributed by atoms with van der Waals surface area (Å²) in [4.78, 5) is 16.1. The summed E-state index contributed by atoms with van der Waals surface area (Å²) >= 11 is 0. The molecule has 2 N–H and O–H groups in total. The van der Waals surface area contributed by atoms with Gasteiger partial charge >= 0.3 is 0 Å². The Morgan fingerprint density at radius 1 is 1.39 bits per heavy atom. The minimum absolute atomic E-state index is 0.0249. The molecule has 2 aromatic rings. The van der Waals surface area contributed by atoms with E-state index in [1.54, 1.807) is 43.8 Å². The van der Waals surface area contributed by atoms with E-state index in [0.717, 1.165) is 5.56 Å². The maximum absolute atomic E-state index is 12.1. The van der Waals surface area contributed by atoms with Gasteiger partial charge < -0.3 is 10.5 Å². The topological polar surface area (TPSA) is 65.2 Å². The molecule has 1 aromatic heterocycles. The third-order valence-electron chi connectivity index (χ3n) is 2.65. The highest BCUT2D eigenvalue weighted by Gasteiger charge is 2.11. The van der Waals surface area contributed by atoms with Gasteiger partial charge in [-0.2, -0.15) is 0 Å². The van der Waals surface area contributed by atoms with E-state index in [1.165, 1.54) is 0 Å². The monoisotopic (exact) mass is 242 g/mol. The van der Waals surface area contributed by atoms with E-state index in [2.05, 4.69) is 4.98 Å². The second-order valence-corrected chi connectivity index (χ2v) is 3.91. The average molecular weight is 242 g/mol. The number of hydrogen-bond donors (Lipinski definition) is 1. The van der Waals surface area contributed by atoms with Gasteiger partial charge in [-0.3, -0.25) is 9.78 Å². The van der Waals surface area contributed by atoms with Gasteiger partial charge in [0, 0.05) is 36.1 Å². The van der Waals surface area contributed by atoms with Crippen LogP contribution in [0.4, 0.5) is 5.69 Å². The maximum atomic E-state index is 12.1. The van der Waals surface area contributed by atoms with Crippen LogP contribution in [0.5, 0.6) is 5.75 Å². The zero-order chi connectivity index (χ0) is 13.0. The van der Waals surface area contributed by atoms with Crippen LogP contribution in [-0.4, -0.2) is 17.9 Å². The number of Topliss-reactive ketones (excluding diaryl/α,β-unsaturated/α-hetero) is 1. The lowest BCUT2D eigenvalue weighted by molar-refractivity contribution is 0.0993. The first-order valence-electron chi connectivity index (χ1n) is 5.56. The van der Waals surface area contributed by atoms with E-state index in [4.69, 9.17) is 10.5 Å². The van der Waals surface area contributed by atoms with Gasteiger partial charge in [0.15, 0.2) is 5.78 Å². The summed E-state index contributed by atoms with van der Waals surface area (Å²) in [6.07, 6.45) is 3.65. The number of pyridine rings is 1. The van der Waals surface area contributed by atoms with E-state index in [0.29, 0.717) is 23.4 Å². The Morgan fingerprint density at radius 3 is 2.83 bits per heavy atom. The van der Waals surface area contributed by atoms with Crippen LogP contribution < -0.4 is 10.5 Å². The second kappa shape index (κ2) is 5.31. The van der Waals surface area contributed by atoms with Crippen molar-refractivity contribution in [1.82, 2.24) is 4.98 Å². The first-order valence-corrected chi connectivity index (χ1v) is 5.56. The highest BCUT2D eigenvalue weighted by atomic mass is 16.5. The molecule has 4 heteroatoms. The van der Waals surface area contributed by atoms with Crippen LogP contribution in [0.1, 0.15) is 15.9 Å². The van der Waals surface area contributed by atoms with Crippen molar-refractivity contribution in [3.05, 3.63) is 53.9 Å². The number of ether oxygens (including phenoxy) is 1. The number of nitrogens with two attached hydrogens (primary N) is 1. The summed E-state index contributed by atoms with van der Waals surface area (Å²) in [5.74, 6) is 0.619. The van der Waals surface area contributed by atoms with Crippen molar-refractivity contribution in [2.75, 3.05) is 12.8 Å². The van der Waals surface area contributed by atoms with Crippen molar-refractivity contribution in [1.29, 1.82) is 0 Å². The maximum Gasteiger partial charge on any atom is 0.169 e. The SMILES string of the molecule is COc1ccc(C(=O)Cc2cccnc2)c(N)c1. The Labute approximate surface area is 105 Å². The Bertz CT molecular complexity index is 553. The molecular weight excluding hydrogens is 228 g/mol. The van der Waals surface area contributed by atoms with E-state index < -0.39 is 0 Å². The molecule has 0 fully saturated rings. The number of nitrogen functional groups attached to an aromatic ring is 1. The van der Waals surface area contributed by atoms with E-state index in [9.17, 15) is 4.79 Å². The molecule has 0 aliphatic rings. The quantitative estimate of drug-likeness (QED) is 0.658. The van der Waals surface area contributed by atoms with Crippen LogP contribution in [0.25, 0.3) is 0 Å². The molecule has 0 saturated heterocycles. The molecule has 0 bridgehead atoms. The molecule has 0 aliphatic heterocycles. The number of methoxy groups -OCH3 is 1. The molecule has 0 aliphatic carbocycles. The Hall–Kier alpha value is -2.36. The van der Waals surface area contributed by atoms with Crippen LogP contribution in [0.3, 0.4) is 0 Å². The third-order valence-corrected chi connectivity index (χ3v) is 2.65. The molecule has 0 atom stereocenters. The zero-order valence-electron chi connectivity index (χ0n) is 10.1. The average Bonchev–Trinajstić information content (AvgIpc) is 2.39. The molecule has 18 heavy (non-hydrogen) atoms. The number of ketones is 1. The fourth-order valence-corrected chi connectivity index (χ4v) is 1.71. The van der Waals surface area contributed by atoms with Gasteiger partial charge in [0.05, 0.1) is 7.11 Å². The zero-order valence-corrected chi connectivity index (χ0v) is 10.1. The molecule has 4 nitrogen and oxygen atoms in total. The number of carbonyl (C=O) groups is 1. The minimum Gasteiger partial charge on any atom is -0.497 e. The van der Waals surface area contributed by atoms with Crippen LogP contribution in [0.15, 0.2) is 42.7 Å². The van der Waals surface area contributed by atoms with E-state index >= 15 is 0 Å². The van der Waals surface area contributed by atoms with Gasteiger partial charge in [-0.25, -0.2) is 0 Å². The smallest absolute Gasteiger partial charge is 0.169 e. The predicted molar refractivity (Wildman–Crippen MR) is 69.7 cm³/mol. The van der Waals surface area contributed by atoms with Gasteiger partial charge in [0.1, 0.15) is 5.75 Å². The van der Waals surface area contributed by atoms with Crippen molar-refractivity contribution < 1.29 is 9.53 Å². The number of hydrogen-bond acceptors (Lipinski definition) is 4. The van der Waals surface area contributed by atoms with Crippen LogP contribution in [0, 0.1) is 0 Å². The molecule has 92 valence electrons. The van der Waals surface area contributed by atoms with Crippen LogP contribution in [-0.2, 0) is 6.42 Å². The third kappa shape index (κ3) is 2.66. The van der Waals surface area contributed by atoms with E-state index in [-0.39, 0.29) is 5.78 Å². The Balaban J connectivity index is 2.19. The normalized spacial score (nSPS) is 10.1. The molecule has 1 aromatic carbocycles. The van der Waals surface area contributed by atoms with Crippen LogP contribution >= 0.6 is 0 Å². The number of rotatable bonds is 4. The van der Waals surface area contributed by atoms with Crippen molar-refractivity contribution in [3.8, 4) is 5.75 Å². The summed E-state index contributed by atoms with van der Waals surface area (Å²) < 4.78 is 5.05. The summed E-state index contributed by atoms with van der Waals surface area (Å²) in [5.41, 5.74) is 7.66. The summed E-state index contributed by atoms with van der Waals surface area (Å²) in [7, 11) is 1.56. The largest absolute Gasteiger partial charge is 0.497 e. The number of nitrogens with zero attached hydrogens (tertiary/aromatic N) is 1. The lowest BCUT2D eigenvalue weighted by Gasteiger charge is -2.07. The number of aromatic nitrogens is 1. The predicted octanol–water partition coefficient (Wildman–Crippen LogP) is 2.10. The summed E-state index contributed by atoms with van der Waals surface area (Å²) in [6, 6.07) is 8.74. The standard InChI is InChI=1S/C14H14N2O2/c1-18-11-4-5-12(13(15)8-11)14(17)7-10-3-2-6-16-9-10/h2-6,8-9H,7,15H2,1H3. The van der Waals surface area contributed by atoms with Gasteiger partial charge in [0.25, 0.3) is 0 Å². The van der Waals surface area contributed by atoms with E-state index in [1.807, 2.05) is 6.07 Å². The number of anilines is 1. The first-order chi connectivity index (χ1) is 8.70. The fraction of sp³-hybridized carbons (Fsp3) is 0.143. The van der Waals surface area contributed by atoms with Crippen LogP contribution in [0.2, 0.25) is 0 Å². The first kappa shape index (κ1) is 12.1. The van der Waals surface area contributed by atoms with Gasteiger partial charge in [-0.15, -0.1) is 0 Å². The van der Waals surface area contributed by atoms with Gasteiger partial charge in [-0.05, 0) is 23.8 Å². The molecule has 0 radical (unpaired) electrons. The molecule has 0 amide bonds. The summed E-state index contributed by atoms with van der Waals surface area (Å²) in [5, 5.41) is 0. The number of benzene rings is 1. The highest BCUT2D eigenvalue weighted by Crippen LogP contribution is 2.21. The molecule has 0 unspecified atom stereocenters. The second-order valence-electron chi connectivity index (χ2n) is 3.91. The minimum atomic E-state index is -0.0249. The fourth-order valence-electron chi connectivity index (χ4n) is 1.71.